The highest BCUT2D eigenvalue weighted by atomic mass is 15.0. The Morgan fingerprint density at radius 2 is 1.00 bits per heavy atom. The molecule has 0 unspecified atom stereocenters. The second-order valence-electron chi connectivity index (χ2n) is 15.0. The van der Waals surface area contributed by atoms with Crippen LogP contribution in [0, 0.1) is 5.92 Å². The standard InChI is InChI=1S/C52H40N2/c1-35(2)34-36-22-30-40(31-23-36)52(46-16-7-3-12-42(46)43-13-4-8-17-47(43)52)51-21-11-18-48(53-51)39-26-24-37(25-27-39)38-28-32-41(33-29-38)54-49-19-9-5-14-44(49)45-15-6-10-20-50(45)54/h3-33,35H,34H2,1-2H3. The van der Waals surface area contributed by atoms with E-state index in [4.69, 9.17) is 4.98 Å². The minimum Gasteiger partial charge on any atom is -0.309 e. The van der Waals surface area contributed by atoms with Crippen molar-refractivity contribution in [3.8, 4) is 39.2 Å². The number of fused-ring (bicyclic) bond motifs is 6. The zero-order chi connectivity index (χ0) is 36.2. The van der Waals surface area contributed by atoms with E-state index in [2.05, 4.69) is 206 Å². The summed E-state index contributed by atoms with van der Waals surface area (Å²) in [5.74, 6) is 0.605. The van der Waals surface area contributed by atoms with E-state index in [0.29, 0.717) is 5.92 Å². The second-order valence-corrected chi connectivity index (χ2v) is 15.0. The number of para-hydroxylation sites is 2. The molecule has 0 spiro atoms. The molecule has 0 atom stereocenters. The lowest BCUT2D eigenvalue weighted by Crippen LogP contribution is -2.30. The van der Waals surface area contributed by atoms with Crippen molar-refractivity contribution in [2.75, 3.05) is 0 Å². The number of nitrogens with zero attached hydrogens (tertiary/aromatic N) is 2. The summed E-state index contributed by atoms with van der Waals surface area (Å²) >= 11 is 0. The highest BCUT2D eigenvalue weighted by molar-refractivity contribution is 6.09. The average molecular weight is 693 g/mol. The first-order valence-electron chi connectivity index (χ1n) is 19.1. The van der Waals surface area contributed by atoms with Gasteiger partial charge in [0, 0.05) is 22.0 Å². The summed E-state index contributed by atoms with van der Waals surface area (Å²) in [6.07, 6.45) is 1.07. The molecule has 0 saturated carbocycles. The van der Waals surface area contributed by atoms with Crippen LogP contribution in [-0.4, -0.2) is 9.55 Å². The molecule has 2 heterocycles. The Hall–Kier alpha value is -6.51. The summed E-state index contributed by atoms with van der Waals surface area (Å²) in [5.41, 5.74) is 16.3. The van der Waals surface area contributed by atoms with E-state index in [1.54, 1.807) is 0 Å². The van der Waals surface area contributed by atoms with Crippen molar-refractivity contribution in [3.63, 3.8) is 0 Å². The third-order valence-electron chi connectivity index (χ3n) is 11.3. The van der Waals surface area contributed by atoms with E-state index in [0.717, 1.165) is 29.1 Å². The van der Waals surface area contributed by atoms with Gasteiger partial charge in [-0.3, -0.25) is 4.98 Å². The summed E-state index contributed by atoms with van der Waals surface area (Å²) < 4.78 is 2.37. The van der Waals surface area contributed by atoms with Crippen molar-refractivity contribution in [2.45, 2.75) is 25.7 Å². The minimum atomic E-state index is -0.530. The highest BCUT2D eigenvalue weighted by Crippen LogP contribution is 2.55. The van der Waals surface area contributed by atoms with Crippen molar-refractivity contribution < 1.29 is 0 Å². The van der Waals surface area contributed by atoms with Gasteiger partial charge >= 0.3 is 0 Å². The maximum absolute atomic E-state index is 5.53. The number of rotatable bonds is 7. The van der Waals surface area contributed by atoms with E-state index >= 15 is 0 Å². The lowest BCUT2D eigenvalue weighted by Gasteiger charge is -2.33. The number of hydrogen-bond acceptors (Lipinski definition) is 1. The van der Waals surface area contributed by atoms with E-state index in [9.17, 15) is 0 Å². The van der Waals surface area contributed by atoms with Crippen LogP contribution in [0.3, 0.4) is 0 Å². The fourth-order valence-electron chi connectivity index (χ4n) is 8.97. The first-order chi connectivity index (χ1) is 26.6. The van der Waals surface area contributed by atoms with E-state index < -0.39 is 5.41 Å². The van der Waals surface area contributed by atoms with Gasteiger partial charge < -0.3 is 4.57 Å². The van der Waals surface area contributed by atoms with Gasteiger partial charge in [-0.1, -0.05) is 166 Å². The Morgan fingerprint density at radius 1 is 0.481 bits per heavy atom. The first-order valence-corrected chi connectivity index (χ1v) is 19.1. The van der Waals surface area contributed by atoms with Crippen molar-refractivity contribution in [1.82, 2.24) is 9.55 Å². The monoisotopic (exact) mass is 692 g/mol. The predicted molar refractivity (Wildman–Crippen MR) is 225 cm³/mol. The topological polar surface area (TPSA) is 17.8 Å². The molecule has 1 aliphatic rings. The molecule has 2 aromatic heterocycles. The molecule has 0 amide bonds. The molecule has 0 fully saturated rings. The van der Waals surface area contributed by atoms with Crippen LogP contribution < -0.4 is 0 Å². The number of benzene rings is 7. The van der Waals surface area contributed by atoms with Crippen LogP contribution in [-0.2, 0) is 11.8 Å². The lowest BCUT2D eigenvalue weighted by atomic mass is 9.69. The average Bonchev–Trinajstić information content (AvgIpc) is 3.72. The van der Waals surface area contributed by atoms with Gasteiger partial charge in [-0.15, -0.1) is 0 Å². The van der Waals surface area contributed by atoms with Gasteiger partial charge in [-0.2, -0.15) is 0 Å². The van der Waals surface area contributed by atoms with E-state index in [1.165, 1.54) is 66.3 Å². The molecular weight excluding hydrogens is 653 g/mol. The number of pyridine rings is 1. The van der Waals surface area contributed by atoms with Crippen LogP contribution in [0.25, 0.3) is 61.0 Å². The summed E-state index contributed by atoms with van der Waals surface area (Å²) in [6, 6.07) is 68.8. The molecule has 0 N–H and O–H groups in total. The van der Waals surface area contributed by atoms with Crippen LogP contribution >= 0.6 is 0 Å². The zero-order valence-corrected chi connectivity index (χ0v) is 30.6. The molecule has 2 nitrogen and oxygen atoms in total. The van der Waals surface area contributed by atoms with Gasteiger partial charge in [0.25, 0.3) is 0 Å². The van der Waals surface area contributed by atoms with Gasteiger partial charge in [-0.25, -0.2) is 0 Å². The third-order valence-corrected chi connectivity index (χ3v) is 11.3. The van der Waals surface area contributed by atoms with E-state index in [-0.39, 0.29) is 0 Å². The zero-order valence-electron chi connectivity index (χ0n) is 30.6. The fourth-order valence-corrected chi connectivity index (χ4v) is 8.97. The smallest absolute Gasteiger partial charge is 0.0886 e. The molecule has 1 aliphatic carbocycles. The summed E-state index contributed by atoms with van der Waals surface area (Å²) in [4.78, 5) is 5.53. The molecule has 7 aromatic carbocycles. The molecule has 0 saturated heterocycles. The Morgan fingerprint density at radius 3 is 1.59 bits per heavy atom. The molecule has 10 rings (SSSR count). The second kappa shape index (κ2) is 12.9. The molecule has 0 radical (unpaired) electrons. The van der Waals surface area contributed by atoms with Crippen molar-refractivity contribution >= 4 is 21.8 Å². The Balaban J connectivity index is 1.03. The van der Waals surface area contributed by atoms with E-state index in [1.807, 2.05) is 0 Å². The molecule has 0 bridgehead atoms. The Bertz CT molecular complexity index is 2700. The highest BCUT2D eigenvalue weighted by Gasteiger charge is 2.47. The maximum Gasteiger partial charge on any atom is 0.0886 e. The molecule has 258 valence electrons. The maximum atomic E-state index is 5.53. The summed E-state index contributed by atoms with van der Waals surface area (Å²) in [7, 11) is 0. The lowest BCUT2D eigenvalue weighted by molar-refractivity contribution is 0.646. The van der Waals surface area contributed by atoms with Crippen LogP contribution in [0.5, 0.6) is 0 Å². The van der Waals surface area contributed by atoms with Gasteiger partial charge in [0.1, 0.15) is 0 Å². The molecule has 9 aromatic rings. The molecule has 54 heavy (non-hydrogen) atoms. The molecule has 0 aliphatic heterocycles. The summed E-state index contributed by atoms with van der Waals surface area (Å²) in [6.45, 7) is 4.56. The van der Waals surface area contributed by atoms with Crippen LogP contribution in [0.2, 0.25) is 0 Å². The van der Waals surface area contributed by atoms with Gasteiger partial charge in [0.2, 0.25) is 0 Å². The predicted octanol–water partition coefficient (Wildman–Crippen LogP) is 13.1. The number of hydrogen-bond donors (Lipinski definition) is 0. The first kappa shape index (κ1) is 32.2. The quantitative estimate of drug-likeness (QED) is 0.163. The Kier molecular flexibility index (Phi) is 7.66. The third kappa shape index (κ3) is 5.05. The molecule has 2 heteroatoms. The van der Waals surface area contributed by atoms with Gasteiger partial charge in [0.05, 0.1) is 27.8 Å². The van der Waals surface area contributed by atoms with Crippen molar-refractivity contribution in [2.24, 2.45) is 5.92 Å². The van der Waals surface area contributed by atoms with Crippen molar-refractivity contribution in [1.29, 1.82) is 0 Å². The van der Waals surface area contributed by atoms with Gasteiger partial charge in [-0.05, 0) is 93.2 Å². The van der Waals surface area contributed by atoms with Crippen LogP contribution in [0.4, 0.5) is 0 Å². The summed E-state index contributed by atoms with van der Waals surface area (Å²) in [5, 5.41) is 2.55. The van der Waals surface area contributed by atoms with Crippen LogP contribution in [0.15, 0.2) is 188 Å². The minimum absolute atomic E-state index is 0.530. The Labute approximate surface area is 317 Å². The van der Waals surface area contributed by atoms with Crippen LogP contribution in [0.1, 0.15) is 41.8 Å². The largest absolute Gasteiger partial charge is 0.309 e. The fraction of sp³-hybridized carbons (Fsp3) is 0.0962. The normalized spacial score (nSPS) is 13.0. The van der Waals surface area contributed by atoms with Crippen molar-refractivity contribution in [3.05, 3.63) is 216 Å². The van der Waals surface area contributed by atoms with Gasteiger partial charge in [0.15, 0.2) is 0 Å². The SMILES string of the molecule is CC(C)Cc1ccc(C2(c3cccc(-c4ccc(-c5ccc(-n6c7ccccc7c7ccccc76)cc5)cc4)n3)c3ccccc3-c3ccccc32)cc1. The molecular formula is C52H40N2. The number of aromatic nitrogens is 2.